The standard InChI is InChI=1S/C51H51N/c1-51(2)49-20-12-11-19-47(49)48-34-33-44(35-50(48)51)52(42-29-25-39(26-30-42)37-15-7-4-8-16-37)43-31-27-41(28-32-43)46-18-10-9-17-45(46)40-23-21-38(22-24-40)36-13-5-3-6-14-36/h9-12,17-37H,3-8,13-16H2,1-2H3. The maximum Gasteiger partial charge on any atom is 0.0465 e. The van der Waals surface area contributed by atoms with E-state index in [4.69, 9.17) is 0 Å². The summed E-state index contributed by atoms with van der Waals surface area (Å²) >= 11 is 0. The number of anilines is 3. The normalized spacial score (nSPS) is 17.0. The van der Waals surface area contributed by atoms with Crippen LogP contribution in [0.5, 0.6) is 0 Å². The second-order valence-corrected chi connectivity index (χ2v) is 16.2. The molecule has 52 heavy (non-hydrogen) atoms. The van der Waals surface area contributed by atoms with Gasteiger partial charge in [0.05, 0.1) is 0 Å². The molecule has 9 rings (SSSR count). The summed E-state index contributed by atoms with van der Waals surface area (Å²) in [5.41, 5.74) is 17.2. The highest BCUT2D eigenvalue weighted by Gasteiger charge is 2.35. The molecule has 0 N–H and O–H groups in total. The predicted octanol–water partition coefficient (Wildman–Crippen LogP) is 14.9. The summed E-state index contributed by atoms with van der Waals surface area (Å²) in [6.45, 7) is 4.75. The van der Waals surface area contributed by atoms with Crippen molar-refractivity contribution in [1.29, 1.82) is 0 Å². The van der Waals surface area contributed by atoms with Crippen LogP contribution < -0.4 is 4.90 Å². The van der Waals surface area contributed by atoms with Crippen LogP contribution in [0.4, 0.5) is 17.1 Å². The van der Waals surface area contributed by atoms with Crippen LogP contribution in [0.3, 0.4) is 0 Å². The third-order valence-electron chi connectivity index (χ3n) is 12.7. The Morgan fingerprint density at radius 3 is 1.38 bits per heavy atom. The van der Waals surface area contributed by atoms with Crippen molar-refractivity contribution in [1.82, 2.24) is 0 Å². The number of nitrogens with zero attached hydrogens (tertiary/aromatic N) is 1. The molecule has 0 saturated heterocycles. The van der Waals surface area contributed by atoms with E-state index in [9.17, 15) is 0 Å². The quantitative estimate of drug-likeness (QED) is 0.163. The highest BCUT2D eigenvalue weighted by molar-refractivity contribution is 5.87. The molecule has 0 unspecified atom stereocenters. The van der Waals surface area contributed by atoms with E-state index in [1.165, 1.54) is 137 Å². The zero-order valence-corrected chi connectivity index (χ0v) is 31.0. The number of hydrogen-bond donors (Lipinski definition) is 0. The number of rotatable bonds is 7. The van der Waals surface area contributed by atoms with E-state index >= 15 is 0 Å². The fourth-order valence-electron chi connectivity index (χ4n) is 9.76. The lowest BCUT2D eigenvalue weighted by Crippen LogP contribution is -2.16. The number of hydrogen-bond acceptors (Lipinski definition) is 1. The molecule has 0 bridgehead atoms. The molecule has 0 aromatic heterocycles. The molecule has 0 atom stereocenters. The third-order valence-corrected chi connectivity index (χ3v) is 12.7. The molecule has 0 spiro atoms. The first-order chi connectivity index (χ1) is 25.5. The topological polar surface area (TPSA) is 3.24 Å². The van der Waals surface area contributed by atoms with Crippen LogP contribution >= 0.6 is 0 Å². The van der Waals surface area contributed by atoms with Crippen molar-refractivity contribution in [2.75, 3.05) is 4.90 Å². The molecule has 3 aliphatic rings. The van der Waals surface area contributed by atoms with Crippen molar-refractivity contribution in [3.05, 3.63) is 162 Å². The van der Waals surface area contributed by atoms with E-state index in [1.807, 2.05) is 0 Å². The second-order valence-electron chi connectivity index (χ2n) is 16.2. The molecule has 0 heterocycles. The van der Waals surface area contributed by atoms with Gasteiger partial charge in [0.15, 0.2) is 0 Å². The lowest BCUT2D eigenvalue weighted by molar-refractivity contribution is 0.443. The Bertz CT molecular complexity index is 2160. The zero-order chi connectivity index (χ0) is 35.1. The Balaban J connectivity index is 1.07. The summed E-state index contributed by atoms with van der Waals surface area (Å²) < 4.78 is 0. The molecule has 1 heteroatoms. The van der Waals surface area contributed by atoms with E-state index < -0.39 is 0 Å². The highest BCUT2D eigenvalue weighted by atomic mass is 15.1. The van der Waals surface area contributed by atoms with Crippen LogP contribution in [0.2, 0.25) is 0 Å². The van der Waals surface area contributed by atoms with Gasteiger partial charge in [-0.25, -0.2) is 0 Å². The van der Waals surface area contributed by atoms with Crippen molar-refractivity contribution in [3.8, 4) is 33.4 Å². The lowest BCUT2D eigenvalue weighted by Gasteiger charge is -2.29. The molecule has 2 fully saturated rings. The Morgan fingerprint density at radius 1 is 0.404 bits per heavy atom. The molecule has 3 aliphatic carbocycles. The Morgan fingerprint density at radius 2 is 0.827 bits per heavy atom. The van der Waals surface area contributed by atoms with Gasteiger partial charge in [-0.05, 0) is 130 Å². The smallest absolute Gasteiger partial charge is 0.0465 e. The minimum absolute atomic E-state index is 0.0549. The Hall–Kier alpha value is -4.88. The molecular formula is C51H51N. The monoisotopic (exact) mass is 677 g/mol. The van der Waals surface area contributed by atoms with Crippen molar-refractivity contribution in [3.63, 3.8) is 0 Å². The average molecular weight is 678 g/mol. The fourth-order valence-corrected chi connectivity index (χ4v) is 9.76. The van der Waals surface area contributed by atoms with Gasteiger partial charge in [-0.3, -0.25) is 0 Å². The third kappa shape index (κ3) is 6.09. The lowest BCUT2D eigenvalue weighted by atomic mass is 9.82. The van der Waals surface area contributed by atoms with Gasteiger partial charge in [-0.15, -0.1) is 0 Å². The molecular weight excluding hydrogens is 627 g/mol. The second kappa shape index (κ2) is 13.9. The summed E-state index contributed by atoms with van der Waals surface area (Å²) in [6.07, 6.45) is 13.5. The summed E-state index contributed by atoms with van der Waals surface area (Å²) in [6, 6.07) is 53.2. The maximum atomic E-state index is 2.46. The predicted molar refractivity (Wildman–Crippen MR) is 221 cm³/mol. The van der Waals surface area contributed by atoms with Crippen molar-refractivity contribution < 1.29 is 0 Å². The molecule has 1 nitrogen and oxygen atoms in total. The van der Waals surface area contributed by atoms with Crippen molar-refractivity contribution in [2.45, 2.75) is 95.3 Å². The number of fused-ring (bicyclic) bond motifs is 3. The van der Waals surface area contributed by atoms with Gasteiger partial charge in [0.2, 0.25) is 0 Å². The van der Waals surface area contributed by atoms with E-state index in [-0.39, 0.29) is 5.41 Å². The van der Waals surface area contributed by atoms with Crippen LogP contribution in [0, 0.1) is 0 Å². The molecule has 0 amide bonds. The van der Waals surface area contributed by atoms with Crippen LogP contribution in [-0.2, 0) is 5.41 Å². The van der Waals surface area contributed by atoms with Gasteiger partial charge in [-0.1, -0.05) is 156 Å². The van der Waals surface area contributed by atoms with Gasteiger partial charge in [-0.2, -0.15) is 0 Å². The first-order valence-electron chi connectivity index (χ1n) is 20.0. The van der Waals surface area contributed by atoms with E-state index in [0.29, 0.717) is 5.92 Å². The van der Waals surface area contributed by atoms with Gasteiger partial charge >= 0.3 is 0 Å². The molecule has 6 aromatic rings. The van der Waals surface area contributed by atoms with E-state index in [0.717, 1.165) is 5.92 Å². The van der Waals surface area contributed by atoms with E-state index in [2.05, 4.69) is 158 Å². The van der Waals surface area contributed by atoms with Crippen LogP contribution in [0.1, 0.15) is 112 Å². The summed E-state index contributed by atoms with van der Waals surface area (Å²) in [5, 5.41) is 0. The van der Waals surface area contributed by atoms with Crippen molar-refractivity contribution >= 4 is 17.1 Å². The molecule has 2 saturated carbocycles. The van der Waals surface area contributed by atoms with Crippen molar-refractivity contribution in [2.24, 2.45) is 0 Å². The fraction of sp³-hybridized carbons (Fsp3) is 0.294. The van der Waals surface area contributed by atoms with Gasteiger partial charge in [0, 0.05) is 22.5 Å². The summed E-state index contributed by atoms with van der Waals surface area (Å²) in [5.74, 6) is 1.42. The molecule has 0 aliphatic heterocycles. The average Bonchev–Trinajstić information content (AvgIpc) is 3.45. The minimum Gasteiger partial charge on any atom is -0.310 e. The summed E-state index contributed by atoms with van der Waals surface area (Å²) in [7, 11) is 0. The van der Waals surface area contributed by atoms with E-state index in [1.54, 1.807) is 0 Å². The van der Waals surface area contributed by atoms with Crippen LogP contribution in [0.25, 0.3) is 33.4 Å². The molecule has 260 valence electrons. The van der Waals surface area contributed by atoms with Gasteiger partial charge in [0.1, 0.15) is 0 Å². The SMILES string of the molecule is CC1(C)c2ccccc2-c2ccc(N(c3ccc(-c4ccccc4-c4ccc(C5CCCCC5)cc4)cc3)c3ccc(C4CCCCC4)cc3)cc21. The number of benzene rings is 6. The van der Waals surface area contributed by atoms with Crippen LogP contribution in [-0.4, -0.2) is 0 Å². The summed E-state index contributed by atoms with van der Waals surface area (Å²) in [4.78, 5) is 2.46. The Kier molecular flexibility index (Phi) is 8.83. The first-order valence-corrected chi connectivity index (χ1v) is 20.0. The van der Waals surface area contributed by atoms with Gasteiger partial charge in [0.25, 0.3) is 0 Å². The zero-order valence-electron chi connectivity index (χ0n) is 31.0. The molecule has 0 radical (unpaired) electrons. The first kappa shape index (κ1) is 33.0. The molecule has 6 aromatic carbocycles. The highest BCUT2D eigenvalue weighted by Crippen LogP contribution is 2.51. The van der Waals surface area contributed by atoms with Crippen LogP contribution in [0.15, 0.2) is 140 Å². The largest absolute Gasteiger partial charge is 0.310 e. The van der Waals surface area contributed by atoms with Gasteiger partial charge < -0.3 is 4.90 Å². The Labute approximate surface area is 311 Å². The minimum atomic E-state index is -0.0549. The maximum absolute atomic E-state index is 2.46.